The predicted octanol–water partition coefficient (Wildman–Crippen LogP) is 2.27. The lowest BCUT2D eigenvalue weighted by molar-refractivity contribution is -0.385. The van der Waals surface area contributed by atoms with Crippen molar-refractivity contribution in [2.45, 2.75) is 13.5 Å². The Labute approximate surface area is 111 Å². The second-order valence-electron chi connectivity index (χ2n) is 4.54. The van der Waals surface area contributed by atoms with Crippen LogP contribution in [0, 0.1) is 17.0 Å². The van der Waals surface area contributed by atoms with E-state index in [2.05, 4.69) is 4.98 Å². The fraction of sp³-hybridized carbons (Fsp3) is 0.308. The third kappa shape index (κ3) is 2.73. The van der Waals surface area contributed by atoms with Gasteiger partial charge in [0.05, 0.1) is 11.5 Å². The first-order valence-corrected chi connectivity index (χ1v) is 5.91. The average Bonchev–Trinajstić information content (AvgIpc) is 2.74. The predicted molar refractivity (Wildman–Crippen MR) is 73.1 cm³/mol. The molecule has 1 aromatic carbocycles. The van der Waals surface area contributed by atoms with E-state index >= 15 is 0 Å². The highest BCUT2D eigenvalue weighted by Gasteiger charge is 2.12. The maximum Gasteiger partial charge on any atom is 0.272 e. The number of benzene rings is 1. The Morgan fingerprint density at radius 1 is 1.47 bits per heavy atom. The summed E-state index contributed by atoms with van der Waals surface area (Å²) in [5.74, 6) is 0.943. The number of hydrogen-bond acceptors (Lipinski definition) is 4. The molecule has 0 saturated carbocycles. The van der Waals surface area contributed by atoms with E-state index in [0.717, 1.165) is 11.5 Å². The summed E-state index contributed by atoms with van der Waals surface area (Å²) in [6.07, 6.45) is 3.65. The third-order valence-corrected chi connectivity index (χ3v) is 3.12. The number of aryl methyl sites for hydroxylation is 2. The molecule has 0 spiro atoms. The Morgan fingerprint density at radius 2 is 2.21 bits per heavy atom. The van der Waals surface area contributed by atoms with Crippen molar-refractivity contribution in [2.24, 2.45) is 7.05 Å². The molecule has 2 aromatic rings. The second kappa shape index (κ2) is 5.09. The van der Waals surface area contributed by atoms with E-state index in [1.54, 1.807) is 25.3 Å². The summed E-state index contributed by atoms with van der Waals surface area (Å²) >= 11 is 0. The molecule has 19 heavy (non-hydrogen) atoms. The molecule has 0 amide bonds. The molecule has 0 fully saturated rings. The minimum absolute atomic E-state index is 0.147. The number of imidazole rings is 1. The minimum Gasteiger partial charge on any atom is -0.367 e. The van der Waals surface area contributed by atoms with Crippen LogP contribution in [0.15, 0.2) is 30.6 Å². The number of nitrogens with zero attached hydrogens (tertiary/aromatic N) is 4. The third-order valence-electron chi connectivity index (χ3n) is 3.12. The van der Waals surface area contributed by atoms with Crippen LogP contribution < -0.4 is 4.90 Å². The molecular weight excluding hydrogens is 244 g/mol. The van der Waals surface area contributed by atoms with E-state index in [9.17, 15) is 10.1 Å². The summed E-state index contributed by atoms with van der Waals surface area (Å²) in [6.45, 7) is 2.40. The van der Waals surface area contributed by atoms with Crippen molar-refractivity contribution in [1.82, 2.24) is 9.55 Å². The van der Waals surface area contributed by atoms with Gasteiger partial charge in [-0.1, -0.05) is 0 Å². The lowest BCUT2D eigenvalue weighted by Crippen LogP contribution is -2.19. The van der Waals surface area contributed by atoms with Gasteiger partial charge in [-0.05, 0) is 19.1 Å². The molecule has 0 atom stereocenters. The first-order chi connectivity index (χ1) is 8.99. The van der Waals surface area contributed by atoms with Crippen LogP contribution in [0.4, 0.5) is 11.4 Å². The van der Waals surface area contributed by atoms with Gasteiger partial charge >= 0.3 is 0 Å². The number of anilines is 1. The molecule has 0 aliphatic rings. The van der Waals surface area contributed by atoms with E-state index in [4.69, 9.17) is 0 Å². The van der Waals surface area contributed by atoms with E-state index in [1.165, 1.54) is 0 Å². The topological polar surface area (TPSA) is 64.2 Å². The zero-order chi connectivity index (χ0) is 14.0. The lowest BCUT2D eigenvalue weighted by Gasteiger charge is -2.19. The molecule has 0 saturated heterocycles. The smallest absolute Gasteiger partial charge is 0.272 e. The Bertz CT molecular complexity index is 606. The summed E-state index contributed by atoms with van der Waals surface area (Å²) in [5, 5.41) is 10.8. The summed E-state index contributed by atoms with van der Waals surface area (Å²) in [6, 6.07) is 5.12. The first kappa shape index (κ1) is 13.1. The summed E-state index contributed by atoms with van der Waals surface area (Å²) in [4.78, 5) is 16.7. The van der Waals surface area contributed by atoms with Gasteiger partial charge in [-0.15, -0.1) is 0 Å². The Balaban J connectivity index is 2.20. The molecule has 0 aliphatic heterocycles. The number of rotatable bonds is 4. The van der Waals surface area contributed by atoms with Gasteiger partial charge in [-0.3, -0.25) is 10.1 Å². The zero-order valence-electron chi connectivity index (χ0n) is 11.2. The highest BCUT2D eigenvalue weighted by Crippen LogP contribution is 2.24. The minimum atomic E-state index is -0.363. The summed E-state index contributed by atoms with van der Waals surface area (Å²) in [7, 11) is 3.88. The van der Waals surface area contributed by atoms with Gasteiger partial charge in [-0.2, -0.15) is 0 Å². The van der Waals surface area contributed by atoms with Crippen molar-refractivity contribution < 1.29 is 4.92 Å². The molecule has 0 radical (unpaired) electrons. The van der Waals surface area contributed by atoms with E-state index < -0.39 is 0 Å². The van der Waals surface area contributed by atoms with E-state index in [0.29, 0.717) is 12.1 Å². The van der Waals surface area contributed by atoms with Crippen molar-refractivity contribution in [3.05, 3.63) is 52.1 Å². The van der Waals surface area contributed by atoms with Crippen molar-refractivity contribution in [2.75, 3.05) is 11.9 Å². The van der Waals surface area contributed by atoms with Crippen LogP contribution in [0.25, 0.3) is 0 Å². The van der Waals surface area contributed by atoms with Crippen molar-refractivity contribution in [3.63, 3.8) is 0 Å². The molecule has 0 aliphatic carbocycles. The number of nitro groups is 1. The van der Waals surface area contributed by atoms with Crippen LogP contribution >= 0.6 is 0 Å². The molecule has 1 aromatic heterocycles. The van der Waals surface area contributed by atoms with Crippen LogP contribution in [-0.2, 0) is 13.6 Å². The molecule has 0 bridgehead atoms. The number of nitro benzene ring substituents is 1. The highest BCUT2D eigenvalue weighted by atomic mass is 16.6. The molecular formula is C13H16N4O2. The normalized spacial score (nSPS) is 10.5. The largest absolute Gasteiger partial charge is 0.367 e. The van der Waals surface area contributed by atoms with Crippen LogP contribution in [0.3, 0.4) is 0 Å². The Kier molecular flexibility index (Phi) is 3.50. The Morgan fingerprint density at radius 3 is 2.74 bits per heavy atom. The summed E-state index contributed by atoms with van der Waals surface area (Å²) in [5.41, 5.74) is 1.74. The van der Waals surface area contributed by atoms with Crippen LogP contribution in [0.1, 0.15) is 11.4 Å². The molecule has 6 nitrogen and oxygen atoms in total. The van der Waals surface area contributed by atoms with E-state index in [-0.39, 0.29) is 10.6 Å². The molecule has 0 N–H and O–H groups in total. The van der Waals surface area contributed by atoms with Crippen LogP contribution in [-0.4, -0.2) is 21.5 Å². The average molecular weight is 260 g/mol. The van der Waals surface area contributed by atoms with Gasteiger partial charge in [-0.25, -0.2) is 4.98 Å². The van der Waals surface area contributed by atoms with Gasteiger partial charge in [0.25, 0.3) is 5.69 Å². The fourth-order valence-corrected chi connectivity index (χ4v) is 1.93. The molecule has 100 valence electrons. The van der Waals surface area contributed by atoms with Gasteiger partial charge in [0.2, 0.25) is 0 Å². The number of hydrogen-bond donors (Lipinski definition) is 0. The van der Waals surface area contributed by atoms with Crippen LogP contribution in [0.2, 0.25) is 0 Å². The van der Waals surface area contributed by atoms with Gasteiger partial charge in [0.1, 0.15) is 5.82 Å². The quantitative estimate of drug-likeness (QED) is 0.625. The number of aromatic nitrogens is 2. The molecule has 2 rings (SSSR count). The van der Waals surface area contributed by atoms with Gasteiger partial charge in [0, 0.05) is 43.8 Å². The van der Waals surface area contributed by atoms with Crippen molar-refractivity contribution in [3.8, 4) is 0 Å². The van der Waals surface area contributed by atoms with Gasteiger partial charge < -0.3 is 9.47 Å². The van der Waals surface area contributed by atoms with Crippen molar-refractivity contribution >= 4 is 11.4 Å². The maximum absolute atomic E-state index is 10.8. The van der Waals surface area contributed by atoms with Crippen LogP contribution in [0.5, 0.6) is 0 Å². The molecule has 1 heterocycles. The zero-order valence-corrected chi connectivity index (χ0v) is 11.2. The van der Waals surface area contributed by atoms with Gasteiger partial charge in [0.15, 0.2) is 0 Å². The maximum atomic E-state index is 10.8. The standard InChI is InChI=1S/C13H16N4O2/c1-10-8-11(4-5-12(10)17(18)19)16(3)9-13-14-6-7-15(13)2/h4-8H,9H2,1-3H3. The molecule has 0 unspecified atom stereocenters. The second-order valence-corrected chi connectivity index (χ2v) is 4.54. The lowest BCUT2D eigenvalue weighted by atomic mass is 10.1. The fourth-order valence-electron chi connectivity index (χ4n) is 1.93. The first-order valence-electron chi connectivity index (χ1n) is 5.91. The molecule has 6 heteroatoms. The SMILES string of the molecule is Cc1cc(N(C)Cc2nccn2C)ccc1[N+](=O)[O-]. The Hall–Kier alpha value is -2.37. The van der Waals surface area contributed by atoms with E-state index in [1.807, 2.05) is 35.8 Å². The summed E-state index contributed by atoms with van der Waals surface area (Å²) < 4.78 is 1.95. The monoisotopic (exact) mass is 260 g/mol. The van der Waals surface area contributed by atoms with Crippen molar-refractivity contribution in [1.29, 1.82) is 0 Å². The highest BCUT2D eigenvalue weighted by molar-refractivity contribution is 5.54.